The molecule has 2 aromatic carbocycles. The molecule has 27 heavy (non-hydrogen) atoms. The molecule has 0 aliphatic rings. The van der Waals surface area contributed by atoms with E-state index in [1.165, 1.54) is 18.2 Å². The van der Waals surface area contributed by atoms with E-state index in [-0.39, 0.29) is 17.3 Å². The van der Waals surface area contributed by atoms with Crippen molar-refractivity contribution in [1.82, 2.24) is 25.1 Å². The Kier molecular flexibility index (Phi) is 4.03. The highest BCUT2D eigenvalue weighted by molar-refractivity contribution is 6.05. The number of nitro groups is 1. The van der Waals surface area contributed by atoms with E-state index in [4.69, 9.17) is 0 Å². The first-order valence-corrected chi connectivity index (χ1v) is 8.37. The molecule has 0 aliphatic heterocycles. The van der Waals surface area contributed by atoms with Crippen molar-refractivity contribution in [3.63, 3.8) is 0 Å². The van der Waals surface area contributed by atoms with Crippen LogP contribution in [0.25, 0.3) is 21.9 Å². The molecule has 0 unspecified atom stereocenters. The molecule has 9 heteroatoms. The zero-order valence-electron chi connectivity index (χ0n) is 14.5. The number of fused-ring (bicyclic) bond motifs is 2. The second kappa shape index (κ2) is 6.52. The van der Waals surface area contributed by atoms with Crippen molar-refractivity contribution in [3.8, 4) is 0 Å². The van der Waals surface area contributed by atoms with E-state index < -0.39 is 4.92 Å². The monoisotopic (exact) mass is 364 g/mol. The number of hydrogen-bond donors (Lipinski definition) is 2. The van der Waals surface area contributed by atoms with Crippen LogP contribution in [0.5, 0.6) is 0 Å². The van der Waals surface area contributed by atoms with Gasteiger partial charge in [-0.15, -0.1) is 0 Å². The molecule has 9 nitrogen and oxygen atoms in total. The molecule has 0 bridgehead atoms. The first kappa shape index (κ1) is 16.7. The Balaban J connectivity index is 1.51. The fourth-order valence-corrected chi connectivity index (χ4v) is 3.13. The standard InChI is InChI=1S/C18H16N6O3/c1-11-20-15-4-2-3-5-16(15)23(11)9-8-19-18(25)17-13-10-12(24(26)27)6-7-14(13)21-22-17/h2-7,10H,8-9H2,1H3,(H,19,25)(H,21,22). The van der Waals surface area contributed by atoms with Gasteiger partial charge in [0.05, 0.1) is 21.5 Å². The predicted molar refractivity (Wildman–Crippen MR) is 99.6 cm³/mol. The lowest BCUT2D eigenvalue weighted by molar-refractivity contribution is -0.384. The van der Waals surface area contributed by atoms with Gasteiger partial charge in [-0.2, -0.15) is 5.10 Å². The Bertz CT molecular complexity index is 1180. The number of aryl methyl sites for hydroxylation is 1. The second-order valence-corrected chi connectivity index (χ2v) is 6.11. The minimum Gasteiger partial charge on any atom is -0.349 e. The van der Waals surface area contributed by atoms with Gasteiger partial charge in [0.15, 0.2) is 5.69 Å². The van der Waals surface area contributed by atoms with E-state index in [9.17, 15) is 14.9 Å². The molecule has 2 heterocycles. The Labute approximate surface area is 153 Å². The average molecular weight is 364 g/mol. The van der Waals surface area contributed by atoms with Crippen molar-refractivity contribution in [2.45, 2.75) is 13.5 Å². The Morgan fingerprint density at radius 1 is 1.30 bits per heavy atom. The van der Waals surface area contributed by atoms with Crippen molar-refractivity contribution < 1.29 is 9.72 Å². The van der Waals surface area contributed by atoms with Gasteiger partial charge < -0.3 is 9.88 Å². The fraction of sp³-hybridized carbons (Fsp3) is 0.167. The Hall–Kier alpha value is -3.75. The molecule has 136 valence electrons. The minimum absolute atomic E-state index is 0.0848. The summed E-state index contributed by atoms with van der Waals surface area (Å²) in [4.78, 5) is 27.4. The lowest BCUT2D eigenvalue weighted by Gasteiger charge is -2.08. The number of amides is 1. The average Bonchev–Trinajstić information content (AvgIpc) is 3.22. The van der Waals surface area contributed by atoms with Gasteiger partial charge in [-0.1, -0.05) is 12.1 Å². The Morgan fingerprint density at radius 3 is 2.93 bits per heavy atom. The van der Waals surface area contributed by atoms with Crippen LogP contribution in [0.2, 0.25) is 0 Å². The molecule has 0 spiro atoms. The van der Waals surface area contributed by atoms with Crippen LogP contribution in [0.4, 0.5) is 5.69 Å². The van der Waals surface area contributed by atoms with Crippen LogP contribution in [-0.4, -0.2) is 37.1 Å². The molecular formula is C18H16N6O3. The molecule has 2 N–H and O–H groups in total. The number of non-ortho nitro benzene ring substituents is 1. The number of nitro benzene ring substituents is 1. The van der Waals surface area contributed by atoms with Crippen LogP contribution in [0.1, 0.15) is 16.3 Å². The van der Waals surface area contributed by atoms with E-state index in [1.807, 2.05) is 35.8 Å². The summed E-state index contributed by atoms with van der Waals surface area (Å²) < 4.78 is 2.03. The quantitative estimate of drug-likeness (QED) is 0.417. The third kappa shape index (κ3) is 2.99. The number of H-pyrrole nitrogens is 1. The largest absolute Gasteiger partial charge is 0.349 e. The molecule has 4 rings (SSSR count). The molecule has 0 atom stereocenters. The normalized spacial score (nSPS) is 11.1. The maximum absolute atomic E-state index is 12.5. The number of imidazole rings is 1. The summed E-state index contributed by atoms with van der Waals surface area (Å²) in [7, 11) is 0. The second-order valence-electron chi connectivity index (χ2n) is 6.11. The van der Waals surface area contributed by atoms with Gasteiger partial charge in [-0.3, -0.25) is 20.0 Å². The molecule has 0 fully saturated rings. The number of hydrogen-bond acceptors (Lipinski definition) is 5. The lowest BCUT2D eigenvalue weighted by Crippen LogP contribution is -2.28. The summed E-state index contributed by atoms with van der Waals surface area (Å²) in [6.07, 6.45) is 0. The van der Waals surface area contributed by atoms with Gasteiger partial charge in [0, 0.05) is 30.6 Å². The molecule has 0 radical (unpaired) electrons. The van der Waals surface area contributed by atoms with Crippen molar-refractivity contribution in [3.05, 3.63) is 64.1 Å². The first-order valence-electron chi connectivity index (χ1n) is 8.37. The van der Waals surface area contributed by atoms with Gasteiger partial charge >= 0.3 is 0 Å². The van der Waals surface area contributed by atoms with Crippen LogP contribution in [0, 0.1) is 17.0 Å². The summed E-state index contributed by atoms with van der Waals surface area (Å²) in [6.45, 7) is 2.85. The number of rotatable bonds is 5. The summed E-state index contributed by atoms with van der Waals surface area (Å²) in [5.74, 6) is 0.482. The molecule has 0 saturated carbocycles. The fourth-order valence-electron chi connectivity index (χ4n) is 3.13. The number of benzene rings is 2. The zero-order valence-corrected chi connectivity index (χ0v) is 14.5. The minimum atomic E-state index is -0.499. The maximum Gasteiger partial charge on any atom is 0.272 e. The van der Waals surface area contributed by atoms with E-state index >= 15 is 0 Å². The summed E-state index contributed by atoms with van der Waals surface area (Å²) >= 11 is 0. The zero-order chi connectivity index (χ0) is 19.0. The van der Waals surface area contributed by atoms with Crippen molar-refractivity contribution >= 4 is 33.5 Å². The van der Waals surface area contributed by atoms with Crippen molar-refractivity contribution in [2.24, 2.45) is 0 Å². The molecule has 1 amide bonds. The summed E-state index contributed by atoms with van der Waals surface area (Å²) in [6, 6.07) is 12.1. The van der Waals surface area contributed by atoms with E-state index in [0.29, 0.717) is 24.0 Å². The SMILES string of the molecule is Cc1nc2ccccc2n1CCNC(=O)c1n[nH]c2ccc([N+](=O)[O-])cc12. The van der Waals surface area contributed by atoms with E-state index in [1.54, 1.807) is 0 Å². The van der Waals surface area contributed by atoms with E-state index in [2.05, 4.69) is 20.5 Å². The van der Waals surface area contributed by atoms with Crippen LogP contribution >= 0.6 is 0 Å². The highest BCUT2D eigenvalue weighted by Gasteiger charge is 2.17. The third-order valence-corrected chi connectivity index (χ3v) is 4.44. The number of aromatic nitrogens is 4. The van der Waals surface area contributed by atoms with Crippen LogP contribution in [0.3, 0.4) is 0 Å². The summed E-state index contributed by atoms with van der Waals surface area (Å²) in [5.41, 5.74) is 2.54. The number of carbonyl (C=O) groups excluding carboxylic acids is 1. The maximum atomic E-state index is 12.5. The van der Waals surface area contributed by atoms with Gasteiger partial charge in [0.2, 0.25) is 0 Å². The third-order valence-electron chi connectivity index (χ3n) is 4.44. The molecule has 0 saturated heterocycles. The Morgan fingerprint density at radius 2 is 2.11 bits per heavy atom. The lowest BCUT2D eigenvalue weighted by atomic mass is 10.2. The van der Waals surface area contributed by atoms with Gasteiger partial charge in [-0.25, -0.2) is 4.98 Å². The first-order chi connectivity index (χ1) is 13.0. The molecule has 0 aliphatic carbocycles. The highest BCUT2D eigenvalue weighted by atomic mass is 16.6. The molecule has 4 aromatic rings. The number of carbonyl (C=O) groups is 1. The number of nitrogens with zero attached hydrogens (tertiary/aromatic N) is 4. The van der Waals surface area contributed by atoms with Crippen molar-refractivity contribution in [2.75, 3.05) is 6.54 Å². The summed E-state index contributed by atoms with van der Waals surface area (Å²) in [5, 5.41) is 20.9. The van der Waals surface area contributed by atoms with Gasteiger partial charge in [0.1, 0.15) is 5.82 Å². The highest BCUT2D eigenvalue weighted by Crippen LogP contribution is 2.22. The molecule has 2 aromatic heterocycles. The number of aromatic amines is 1. The van der Waals surface area contributed by atoms with Gasteiger partial charge in [-0.05, 0) is 25.1 Å². The van der Waals surface area contributed by atoms with Crippen LogP contribution in [-0.2, 0) is 6.54 Å². The van der Waals surface area contributed by atoms with E-state index in [0.717, 1.165) is 16.9 Å². The smallest absolute Gasteiger partial charge is 0.272 e. The van der Waals surface area contributed by atoms with Gasteiger partial charge in [0.25, 0.3) is 11.6 Å². The predicted octanol–water partition coefficient (Wildman–Crippen LogP) is 2.56. The van der Waals surface area contributed by atoms with Crippen LogP contribution in [0.15, 0.2) is 42.5 Å². The topological polar surface area (TPSA) is 119 Å². The number of nitrogens with one attached hydrogen (secondary N) is 2. The van der Waals surface area contributed by atoms with Crippen LogP contribution < -0.4 is 5.32 Å². The molecular weight excluding hydrogens is 348 g/mol. The van der Waals surface area contributed by atoms with Crippen molar-refractivity contribution in [1.29, 1.82) is 0 Å². The number of para-hydroxylation sites is 2.